The number of nitrogens with two attached hydrogens (primary N) is 1. The molecule has 0 heterocycles. The van der Waals surface area contributed by atoms with Gasteiger partial charge in [-0.3, -0.25) is 0 Å². The zero-order valence-corrected chi connectivity index (χ0v) is 10.5. The smallest absolute Gasteiger partial charge is 0.106 e. The van der Waals surface area contributed by atoms with Crippen LogP contribution in [0.2, 0.25) is 0 Å². The van der Waals surface area contributed by atoms with E-state index in [9.17, 15) is 0 Å². The molecule has 4 aliphatic carbocycles. The van der Waals surface area contributed by atoms with Crippen LogP contribution in [0.1, 0.15) is 45.4 Å². The van der Waals surface area contributed by atoms with Gasteiger partial charge in [0, 0.05) is 5.41 Å². The van der Waals surface area contributed by atoms with Crippen LogP contribution in [-0.4, -0.2) is 24.3 Å². The van der Waals surface area contributed by atoms with Gasteiger partial charge in [-0.2, -0.15) is 0 Å². The molecule has 4 aliphatic rings. The Labute approximate surface area is 98.8 Å². The maximum Gasteiger partial charge on any atom is 0.106 e. The topological polar surface area (TPSA) is 36.8 Å². The van der Waals surface area contributed by atoms with Gasteiger partial charge in [0.1, 0.15) is 6.04 Å². The number of hydrogen-bond donors (Lipinski definition) is 2. The Hall–Kier alpha value is -0.0800. The maximum atomic E-state index is 9.12. The highest BCUT2D eigenvalue weighted by atomic mass is 16.3. The molecule has 0 spiro atoms. The number of quaternary nitrogens is 1. The fourth-order valence-corrected chi connectivity index (χ4v) is 5.07. The van der Waals surface area contributed by atoms with E-state index in [1.807, 2.05) is 0 Å². The Morgan fingerprint density at radius 2 is 1.62 bits per heavy atom. The standard InChI is InChI=1S/C14H25NO/c1-10(8-16)15-9-14-5-11-2-12(6-14)4-13(3-11)7-14/h10-13,15-16H,2-9H2,1H3/p+1/t10-,11?,12?,13?,14?/m0/s1. The molecule has 0 saturated heterocycles. The van der Waals surface area contributed by atoms with E-state index in [1.165, 1.54) is 45.1 Å². The minimum atomic E-state index is 0.326. The molecule has 1 atom stereocenters. The number of hydrogen-bond acceptors (Lipinski definition) is 1. The molecule has 2 nitrogen and oxygen atoms in total. The van der Waals surface area contributed by atoms with Crippen molar-refractivity contribution < 1.29 is 10.4 Å². The molecule has 4 rings (SSSR count). The highest BCUT2D eigenvalue weighted by Crippen LogP contribution is 2.59. The van der Waals surface area contributed by atoms with Gasteiger partial charge in [-0.1, -0.05) is 0 Å². The van der Waals surface area contributed by atoms with Crippen molar-refractivity contribution in [3.05, 3.63) is 0 Å². The van der Waals surface area contributed by atoms with Gasteiger partial charge < -0.3 is 10.4 Å². The molecule has 0 aromatic carbocycles. The highest BCUT2D eigenvalue weighted by Gasteiger charge is 2.51. The molecule has 0 radical (unpaired) electrons. The van der Waals surface area contributed by atoms with Crippen LogP contribution in [-0.2, 0) is 0 Å². The third-order valence-electron chi connectivity index (χ3n) is 5.41. The summed E-state index contributed by atoms with van der Waals surface area (Å²) in [6.07, 6.45) is 9.09. The van der Waals surface area contributed by atoms with E-state index in [2.05, 4.69) is 12.2 Å². The van der Waals surface area contributed by atoms with Gasteiger partial charge in [-0.15, -0.1) is 0 Å². The third-order valence-corrected chi connectivity index (χ3v) is 5.41. The lowest BCUT2D eigenvalue weighted by Gasteiger charge is -2.56. The average Bonchev–Trinajstić information content (AvgIpc) is 2.24. The number of aliphatic hydroxyl groups is 1. The van der Waals surface area contributed by atoms with E-state index in [0.29, 0.717) is 18.1 Å². The van der Waals surface area contributed by atoms with E-state index < -0.39 is 0 Å². The number of rotatable bonds is 4. The quantitative estimate of drug-likeness (QED) is 0.738. The zero-order chi connectivity index (χ0) is 11.2. The Kier molecular flexibility index (Phi) is 2.75. The first-order valence-electron chi connectivity index (χ1n) is 7.13. The van der Waals surface area contributed by atoms with Crippen LogP contribution >= 0.6 is 0 Å². The summed E-state index contributed by atoms with van der Waals surface area (Å²) in [5.41, 5.74) is 0.665. The average molecular weight is 224 g/mol. The Bertz CT molecular complexity index is 228. The van der Waals surface area contributed by atoms with Crippen molar-refractivity contribution in [2.24, 2.45) is 23.2 Å². The largest absolute Gasteiger partial charge is 0.390 e. The normalized spacial score (nSPS) is 47.2. The molecule has 4 saturated carbocycles. The van der Waals surface area contributed by atoms with Crippen molar-refractivity contribution in [3.8, 4) is 0 Å². The molecule has 16 heavy (non-hydrogen) atoms. The van der Waals surface area contributed by atoms with E-state index in [0.717, 1.165) is 17.8 Å². The van der Waals surface area contributed by atoms with Crippen molar-refractivity contribution in [2.45, 2.75) is 51.5 Å². The summed E-state index contributed by atoms with van der Waals surface area (Å²) in [6.45, 7) is 3.74. The summed E-state index contributed by atoms with van der Waals surface area (Å²) in [7, 11) is 0. The molecule has 3 N–H and O–H groups in total. The molecule has 0 amide bonds. The predicted molar refractivity (Wildman–Crippen MR) is 63.9 cm³/mol. The summed E-state index contributed by atoms with van der Waals surface area (Å²) in [5, 5.41) is 11.5. The van der Waals surface area contributed by atoms with Gasteiger partial charge in [0.2, 0.25) is 0 Å². The lowest BCUT2D eigenvalue weighted by atomic mass is 9.49. The van der Waals surface area contributed by atoms with Gasteiger partial charge in [0.15, 0.2) is 0 Å². The maximum absolute atomic E-state index is 9.12. The zero-order valence-electron chi connectivity index (χ0n) is 10.5. The fraction of sp³-hybridized carbons (Fsp3) is 1.00. The summed E-state index contributed by atoms with van der Waals surface area (Å²) in [4.78, 5) is 0. The summed E-state index contributed by atoms with van der Waals surface area (Å²) < 4.78 is 0. The van der Waals surface area contributed by atoms with Gasteiger partial charge in [-0.05, 0) is 63.2 Å². The molecule has 0 unspecified atom stereocenters. The molecular weight excluding hydrogens is 198 g/mol. The van der Waals surface area contributed by atoms with Crippen molar-refractivity contribution in [3.63, 3.8) is 0 Å². The van der Waals surface area contributed by atoms with Crippen molar-refractivity contribution >= 4 is 0 Å². The van der Waals surface area contributed by atoms with Gasteiger partial charge in [-0.25, -0.2) is 0 Å². The van der Waals surface area contributed by atoms with Crippen LogP contribution < -0.4 is 5.32 Å². The summed E-state index contributed by atoms with van der Waals surface area (Å²) in [5.74, 6) is 3.18. The predicted octanol–water partition coefficient (Wildman–Crippen LogP) is 1.15. The summed E-state index contributed by atoms with van der Waals surface area (Å²) in [6, 6.07) is 0.396. The Morgan fingerprint density at radius 3 is 2.06 bits per heavy atom. The van der Waals surface area contributed by atoms with Crippen LogP contribution in [0.5, 0.6) is 0 Å². The second-order valence-corrected chi connectivity index (χ2v) is 7.02. The Balaban J connectivity index is 1.64. The van der Waals surface area contributed by atoms with Crippen molar-refractivity contribution in [2.75, 3.05) is 13.2 Å². The minimum Gasteiger partial charge on any atom is -0.390 e. The van der Waals surface area contributed by atoms with E-state index in [-0.39, 0.29) is 0 Å². The number of aliphatic hydroxyl groups excluding tert-OH is 1. The first-order chi connectivity index (χ1) is 7.69. The molecule has 92 valence electrons. The molecule has 0 aromatic rings. The monoisotopic (exact) mass is 224 g/mol. The van der Waals surface area contributed by atoms with Crippen LogP contribution in [0.25, 0.3) is 0 Å². The van der Waals surface area contributed by atoms with Crippen LogP contribution in [0.4, 0.5) is 0 Å². The lowest BCUT2D eigenvalue weighted by molar-refractivity contribution is -0.700. The van der Waals surface area contributed by atoms with E-state index >= 15 is 0 Å². The highest BCUT2D eigenvalue weighted by molar-refractivity contribution is 5.00. The third kappa shape index (κ3) is 1.91. The molecule has 0 aliphatic heterocycles. The minimum absolute atomic E-state index is 0.326. The lowest BCUT2D eigenvalue weighted by Crippen LogP contribution is -2.93. The van der Waals surface area contributed by atoms with Gasteiger partial charge in [0.05, 0.1) is 13.2 Å². The molecular formula is C14H26NO+. The van der Waals surface area contributed by atoms with E-state index in [4.69, 9.17) is 5.11 Å². The second-order valence-electron chi connectivity index (χ2n) is 7.02. The SMILES string of the molecule is C[C@@H](CO)[NH2+]CC12CC3CC(CC(C3)C1)C2. The van der Waals surface area contributed by atoms with Crippen molar-refractivity contribution in [1.29, 1.82) is 0 Å². The van der Waals surface area contributed by atoms with Gasteiger partial charge in [0.25, 0.3) is 0 Å². The van der Waals surface area contributed by atoms with Crippen LogP contribution in [0.15, 0.2) is 0 Å². The van der Waals surface area contributed by atoms with E-state index in [1.54, 1.807) is 0 Å². The first-order valence-corrected chi connectivity index (χ1v) is 7.13. The molecule has 2 heteroatoms. The van der Waals surface area contributed by atoms with Crippen LogP contribution in [0.3, 0.4) is 0 Å². The molecule has 4 bridgehead atoms. The Morgan fingerprint density at radius 1 is 1.12 bits per heavy atom. The second kappa shape index (κ2) is 3.99. The first kappa shape index (κ1) is 11.0. The molecule has 0 aromatic heterocycles. The van der Waals surface area contributed by atoms with Crippen LogP contribution in [0, 0.1) is 23.2 Å². The fourth-order valence-electron chi connectivity index (χ4n) is 5.07. The molecule has 4 fully saturated rings. The van der Waals surface area contributed by atoms with Gasteiger partial charge >= 0.3 is 0 Å². The van der Waals surface area contributed by atoms with Crippen molar-refractivity contribution in [1.82, 2.24) is 0 Å². The summed E-state index contributed by atoms with van der Waals surface area (Å²) >= 11 is 0.